The molecule has 1 atom stereocenters. The third-order valence-electron chi connectivity index (χ3n) is 3.19. The van der Waals surface area contributed by atoms with E-state index >= 15 is 0 Å². The molecule has 2 N–H and O–H groups in total. The van der Waals surface area contributed by atoms with E-state index in [1.165, 1.54) is 0 Å². The summed E-state index contributed by atoms with van der Waals surface area (Å²) in [6.45, 7) is 3.22. The summed E-state index contributed by atoms with van der Waals surface area (Å²) in [7, 11) is 0. The number of aromatic nitrogens is 1. The van der Waals surface area contributed by atoms with Crippen LogP contribution < -0.4 is 10.9 Å². The molecule has 1 aromatic rings. The van der Waals surface area contributed by atoms with Gasteiger partial charge >= 0.3 is 0 Å². The van der Waals surface area contributed by atoms with Gasteiger partial charge in [0.25, 0.3) is 0 Å². The van der Waals surface area contributed by atoms with E-state index in [9.17, 15) is 9.59 Å². The Morgan fingerprint density at radius 3 is 2.79 bits per heavy atom. The number of likely N-dealkylation sites (N-methyl/N-ethyl adjacent to an activating group) is 1. The summed E-state index contributed by atoms with van der Waals surface area (Å²) in [6.07, 6.45) is 4.49. The molecule has 1 unspecified atom stereocenters. The van der Waals surface area contributed by atoms with Crippen LogP contribution in [0.1, 0.15) is 18.9 Å². The third kappa shape index (κ3) is 3.51. The van der Waals surface area contributed by atoms with Gasteiger partial charge in [-0.25, -0.2) is 5.43 Å². The molecule has 0 radical (unpaired) electrons. The molecule has 0 aliphatic carbocycles. The Morgan fingerprint density at radius 2 is 2.21 bits per heavy atom. The van der Waals surface area contributed by atoms with Crippen molar-refractivity contribution in [2.24, 2.45) is 0 Å². The first kappa shape index (κ1) is 13.5. The molecule has 1 fully saturated rings. The number of carbonyl (C=O) groups is 2. The average molecular weight is 262 g/mol. The molecule has 2 amide bonds. The Bertz CT molecular complexity index is 449. The SMILES string of the molecule is CCN(CCc1ccncc1)C(=O)C1CC(=O)NN1. The summed E-state index contributed by atoms with van der Waals surface area (Å²) in [5, 5.41) is 0. The number of hydrazine groups is 1. The number of nitrogens with zero attached hydrogens (tertiary/aromatic N) is 2. The number of hydrogen-bond donors (Lipinski definition) is 2. The maximum atomic E-state index is 12.2. The van der Waals surface area contributed by atoms with Crippen LogP contribution in [0.2, 0.25) is 0 Å². The smallest absolute Gasteiger partial charge is 0.242 e. The second kappa shape index (κ2) is 6.29. The molecule has 0 spiro atoms. The molecule has 2 heterocycles. The highest BCUT2D eigenvalue weighted by molar-refractivity contribution is 5.90. The number of rotatable bonds is 5. The van der Waals surface area contributed by atoms with E-state index in [4.69, 9.17) is 0 Å². The van der Waals surface area contributed by atoms with Crippen molar-refractivity contribution in [3.8, 4) is 0 Å². The molecule has 6 nitrogen and oxygen atoms in total. The monoisotopic (exact) mass is 262 g/mol. The molecule has 1 aliphatic heterocycles. The summed E-state index contributed by atoms with van der Waals surface area (Å²) in [4.78, 5) is 29.0. The lowest BCUT2D eigenvalue weighted by atomic mass is 10.1. The summed E-state index contributed by atoms with van der Waals surface area (Å²) >= 11 is 0. The predicted molar refractivity (Wildman–Crippen MR) is 69.9 cm³/mol. The predicted octanol–water partition coefficient (Wildman–Crippen LogP) is -0.134. The van der Waals surface area contributed by atoms with E-state index in [0.717, 1.165) is 12.0 Å². The zero-order valence-corrected chi connectivity index (χ0v) is 10.9. The van der Waals surface area contributed by atoms with E-state index in [2.05, 4.69) is 15.8 Å². The van der Waals surface area contributed by atoms with Gasteiger partial charge in [0.15, 0.2) is 0 Å². The molecular formula is C13H18N4O2. The van der Waals surface area contributed by atoms with Crippen LogP contribution >= 0.6 is 0 Å². The summed E-state index contributed by atoms with van der Waals surface area (Å²) in [6, 6.07) is 3.44. The first-order chi connectivity index (χ1) is 9.20. The van der Waals surface area contributed by atoms with Crippen molar-refractivity contribution in [2.75, 3.05) is 13.1 Å². The average Bonchev–Trinajstić information content (AvgIpc) is 2.87. The highest BCUT2D eigenvalue weighted by Crippen LogP contribution is 2.06. The molecule has 0 aromatic carbocycles. The standard InChI is InChI=1S/C13H18N4O2/c1-2-17(8-5-10-3-6-14-7-4-10)13(19)11-9-12(18)16-15-11/h3-4,6-7,11,15H,2,5,8-9H2,1H3,(H,16,18). The number of carbonyl (C=O) groups excluding carboxylic acids is 2. The fourth-order valence-electron chi connectivity index (χ4n) is 2.06. The van der Waals surface area contributed by atoms with Crippen molar-refractivity contribution in [3.05, 3.63) is 30.1 Å². The lowest BCUT2D eigenvalue weighted by Crippen LogP contribution is -2.46. The maximum absolute atomic E-state index is 12.2. The van der Waals surface area contributed by atoms with Crippen molar-refractivity contribution >= 4 is 11.8 Å². The first-order valence-electron chi connectivity index (χ1n) is 6.42. The minimum atomic E-state index is -0.440. The largest absolute Gasteiger partial charge is 0.341 e. The maximum Gasteiger partial charge on any atom is 0.242 e. The van der Waals surface area contributed by atoms with E-state index in [1.807, 2.05) is 19.1 Å². The number of pyridine rings is 1. The second-order valence-electron chi connectivity index (χ2n) is 4.47. The Balaban J connectivity index is 1.89. The van der Waals surface area contributed by atoms with E-state index in [0.29, 0.717) is 13.1 Å². The number of nitrogens with one attached hydrogen (secondary N) is 2. The van der Waals surface area contributed by atoms with Crippen LogP contribution in [0.15, 0.2) is 24.5 Å². The normalized spacial score (nSPS) is 18.2. The van der Waals surface area contributed by atoms with Crippen molar-refractivity contribution in [1.29, 1.82) is 0 Å². The van der Waals surface area contributed by atoms with Gasteiger partial charge in [0.1, 0.15) is 6.04 Å². The van der Waals surface area contributed by atoms with Gasteiger partial charge in [-0.3, -0.25) is 20.0 Å². The van der Waals surface area contributed by atoms with Gasteiger partial charge in [0.2, 0.25) is 11.8 Å². The Labute approximate surface area is 112 Å². The Kier molecular flexibility index (Phi) is 4.46. The zero-order valence-electron chi connectivity index (χ0n) is 10.9. The molecule has 102 valence electrons. The Morgan fingerprint density at radius 1 is 1.47 bits per heavy atom. The first-order valence-corrected chi connectivity index (χ1v) is 6.42. The molecule has 0 bridgehead atoms. The summed E-state index contributed by atoms with van der Waals surface area (Å²) in [5.41, 5.74) is 6.32. The lowest BCUT2D eigenvalue weighted by Gasteiger charge is -2.23. The van der Waals surface area contributed by atoms with Gasteiger partial charge in [-0.05, 0) is 31.0 Å². The fourth-order valence-corrected chi connectivity index (χ4v) is 2.06. The van der Waals surface area contributed by atoms with E-state index in [-0.39, 0.29) is 18.2 Å². The number of hydrogen-bond acceptors (Lipinski definition) is 4. The van der Waals surface area contributed by atoms with Crippen molar-refractivity contribution in [2.45, 2.75) is 25.8 Å². The molecular weight excluding hydrogens is 244 g/mol. The topological polar surface area (TPSA) is 74.3 Å². The number of amides is 2. The van der Waals surface area contributed by atoms with Crippen molar-refractivity contribution < 1.29 is 9.59 Å². The minimum absolute atomic E-state index is 0.0325. The molecule has 6 heteroatoms. The molecule has 1 aromatic heterocycles. The van der Waals surface area contributed by atoms with Crippen LogP contribution in [-0.2, 0) is 16.0 Å². The van der Waals surface area contributed by atoms with E-state index in [1.54, 1.807) is 17.3 Å². The molecule has 0 saturated carbocycles. The highest BCUT2D eigenvalue weighted by Gasteiger charge is 2.30. The lowest BCUT2D eigenvalue weighted by molar-refractivity contribution is -0.133. The van der Waals surface area contributed by atoms with Crippen LogP contribution in [0.25, 0.3) is 0 Å². The highest BCUT2D eigenvalue weighted by atomic mass is 16.2. The summed E-state index contributed by atoms with van der Waals surface area (Å²) < 4.78 is 0. The zero-order chi connectivity index (χ0) is 13.7. The van der Waals surface area contributed by atoms with Gasteiger partial charge < -0.3 is 4.90 Å². The molecule has 1 saturated heterocycles. The van der Waals surface area contributed by atoms with Crippen LogP contribution in [0.4, 0.5) is 0 Å². The van der Waals surface area contributed by atoms with Gasteiger partial charge in [0.05, 0.1) is 6.42 Å². The fraction of sp³-hybridized carbons (Fsp3) is 0.462. The quantitative estimate of drug-likeness (QED) is 0.775. The third-order valence-corrected chi connectivity index (χ3v) is 3.19. The molecule has 19 heavy (non-hydrogen) atoms. The summed E-state index contributed by atoms with van der Waals surface area (Å²) in [5.74, 6) is -0.168. The molecule has 2 rings (SSSR count). The van der Waals surface area contributed by atoms with Gasteiger partial charge in [-0.1, -0.05) is 0 Å². The van der Waals surface area contributed by atoms with Crippen LogP contribution in [-0.4, -0.2) is 40.8 Å². The van der Waals surface area contributed by atoms with Crippen LogP contribution in [0.5, 0.6) is 0 Å². The second-order valence-corrected chi connectivity index (χ2v) is 4.47. The van der Waals surface area contributed by atoms with Crippen LogP contribution in [0.3, 0.4) is 0 Å². The van der Waals surface area contributed by atoms with Crippen molar-refractivity contribution in [1.82, 2.24) is 20.7 Å². The van der Waals surface area contributed by atoms with Gasteiger partial charge in [-0.2, -0.15) is 0 Å². The van der Waals surface area contributed by atoms with Gasteiger partial charge in [-0.15, -0.1) is 0 Å². The van der Waals surface area contributed by atoms with Gasteiger partial charge in [0, 0.05) is 25.5 Å². The Hall–Kier alpha value is -1.95. The van der Waals surface area contributed by atoms with E-state index < -0.39 is 6.04 Å². The van der Waals surface area contributed by atoms with Crippen LogP contribution in [0, 0.1) is 0 Å². The van der Waals surface area contributed by atoms with Crippen molar-refractivity contribution in [3.63, 3.8) is 0 Å². The minimum Gasteiger partial charge on any atom is -0.341 e. The molecule has 1 aliphatic rings.